The van der Waals surface area contributed by atoms with E-state index < -0.39 is 6.83 Å². The van der Waals surface area contributed by atoms with Crippen LogP contribution >= 0.6 is 18.6 Å². The Balaban J connectivity index is 3.19. The van der Waals surface area contributed by atoms with E-state index in [2.05, 4.69) is 46.8 Å². The summed E-state index contributed by atoms with van der Waals surface area (Å²) in [4.78, 5) is 15.5. The van der Waals surface area contributed by atoms with Crippen molar-refractivity contribution in [3.63, 3.8) is 0 Å². The first-order valence-corrected chi connectivity index (χ1v) is 24.3. The summed E-state index contributed by atoms with van der Waals surface area (Å²) in [6.45, 7) is 8.69. The minimum atomic E-state index is -2.77. The Morgan fingerprint density at radius 1 is 0.500 bits per heavy atom. The SMILES string of the molecule is CCCCCCCCCCCCCCP(CCCCCC)(CCCCCC)(CCCCCC)OC(=O)c1ccccc1SCCC. The molecule has 0 bridgehead atoms. The molecule has 0 aliphatic rings. The monoisotopic (exact) mass is 679 g/mol. The summed E-state index contributed by atoms with van der Waals surface area (Å²) in [6, 6.07) is 8.31. The van der Waals surface area contributed by atoms with E-state index >= 15 is 0 Å². The van der Waals surface area contributed by atoms with Gasteiger partial charge >= 0.3 is 281 Å². The topological polar surface area (TPSA) is 26.3 Å². The van der Waals surface area contributed by atoms with Crippen molar-refractivity contribution in [2.75, 3.05) is 30.4 Å². The second kappa shape index (κ2) is 28.3. The van der Waals surface area contributed by atoms with Gasteiger partial charge in [-0.3, -0.25) is 0 Å². The molecule has 2 nitrogen and oxygen atoms in total. The Morgan fingerprint density at radius 3 is 1.24 bits per heavy atom. The molecular weight excluding hydrogens is 600 g/mol. The number of benzene rings is 1. The molecule has 0 heterocycles. The second-order valence-electron chi connectivity index (χ2n) is 14.5. The Bertz CT molecular complexity index is 822. The van der Waals surface area contributed by atoms with Crippen molar-refractivity contribution in [3.8, 4) is 0 Å². The zero-order chi connectivity index (χ0) is 33.6. The number of unbranched alkanes of at least 4 members (excludes halogenated alkanes) is 20. The quantitative estimate of drug-likeness (QED) is 0.0420. The summed E-state index contributed by atoms with van der Waals surface area (Å²) in [7, 11) is 0. The zero-order valence-electron chi connectivity index (χ0n) is 31.7. The molecule has 0 aromatic heterocycles. The number of thioether (sulfide) groups is 1. The molecule has 1 aromatic carbocycles. The van der Waals surface area contributed by atoms with Gasteiger partial charge in [0.05, 0.1) is 0 Å². The number of hydrogen-bond acceptors (Lipinski definition) is 3. The van der Waals surface area contributed by atoms with Gasteiger partial charge in [-0.25, -0.2) is 0 Å². The maximum absolute atomic E-state index is 14.4. The predicted molar refractivity (Wildman–Crippen MR) is 213 cm³/mol. The van der Waals surface area contributed by atoms with E-state index in [1.54, 1.807) is 0 Å². The molecule has 0 saturated carbocycles. The third-order valence-corrected chi connectivity index (χ3v) is 18.0. The van der Waals surface area contributed by atoms with Gasteiger partial charge in [-0.2, -0.15) is 0 Å². The Labute approximate surface area is 293 Å². The van der Waals surface area contributed by atoms with Gasteiger partial charge in [-0.1, -0.05) is 13.3 Å². The van der Waals surface area contributed by atoms with Crippen LogP contribution < -0.4 is 0 Å². The fourth-order valence-electron chi connectivity index (χ4n) is 7.28. The maximum atomic E-state index is 14.4. The first-order chi connectivity index (χ1) is 22.5. The van der Waals surface area contributed by atoms with Crippen LogP contribution in [0.25, 0.3) is 0 Å². The van der Waals surface area contributed by atoms with Gasteiger partial charge < -0.3 is 0 Å². The number of hydrogen-bond donors (Lipinski definition) is 0. The van der Waals surface area contributed by atoms with E-state index in [0.717, 1.165) is 41.1 Å². The van der Waals surface area contributed by atoms with Crippen molar-refractivity contribution < 1.29 is 9.32 Å². The molecule has 270 valence electrons. The number of carbonyl (C=O) groups excluding carboxylic acids is 1. The summed E-state index contributed by atoms with van der Waals surface area (Å²) >= 11 is 1.82. The molecule has 46 heavy (non-hydrogen) atoms. The van der Waals surface area contributed by atoms with Gasteiger partial charge in [0.2, 0.25) is 0 Å². The van der Waals surface area contributed by atoms with Crippen molar-refractivity contribution in [1.82, 2.24) is 0 Å². The summed E-state index contributed by atoms with van der Waals surface area (Å²) in [5, 5.41) is 0. The van der Waals surface area contributed by atoms with E-state index in [0.29, 0.717) is 0 Å². The summed E-state index contributed by atoms with van der Waals surface area (Å²) < 4.78 is 7.35. The van der Waals surface area contributed by atoms with Crippen LogP contribution in [0.1, 0.15) is 205 Å². The third-order valence-electron chi connectivity index (χ3n) is 10.2. The molecule has 4 heteroatoms. The fraction of sp³-hybridized carbons (Fsp3) is 0.833. The standard InChI is InChI=1S/C42H79O2PS/c1-6-11-15-19-20-21-22-23-24-25-26-32-38-45(35-29-16-12-7-2,36-30-17-13-8-3,37-31-18-14-9-4)44-42(43)40-33-27-28-34-41(40)46-39-10-5/h27-28,33-34H,6-26,29-32,35-39H2,1-5H3. The van der Waals surface area contributed by atoms with E-state index in [1.807, 2.05) is 23.9 Å². The molecule has 0 N–H and O–H groups in total. The van der Waals surface area contributed by atoms with Crippen molar-refractivity contribution in [3.05, 3.63) is 29.8 Å². The van der Waals surface area contributed by atoms with E-state index in [1.165, 1.54) is 160 Å². The Kier molecular flexibility index (Phi) is 26.8. The Morgan fingerprint density at radius 2 is 0.848 bits per heavy atom. The van der Waals surface area contributed by atoms with Crippen LogP contribution in [0, 0.1) is 0 Å². The minimum absolute atomic E-state index is 0.00252. The predicted octanol–water partition coefficient (Wildman–Crippen LogP) is 15.3. The molecule has 0 atom stereocenters. The zero-order valence-corrected chi connectivity index (χ0v) is 33.4. The molecule has 0 saturated heterocycles. The fourth-order valence-corrected chi connectivity index (χ4v) is 14.6. The van der Waals surface area contributed by atoms with Crippen LogP contribution in [-0.4, -0.2) is 36.4 Å². The van der Waals surface area contributed by atoms with Crippen LogP contribution in [-0.2, 0) is 4.52 Å². The average Bonchev–Trinajstić information content (AvgIpc) is 3.07. The van der Waals surface area contributed by atoms with Crippen molar-refractivity contribution in [2.24, 2.45) is 0 Å². The van der Waals surface area contributed by atoms with E-state index in [-0.39, 0.29) is 5.97 Å². The molecule has 0 spiro atoms. The molecule has 1 aromatic rings. The van der Waals surface area contributed by atoms with Crippen molar-refractivity contribution >= 4 is 24.6 Å². The van der Waals surface area contributed by atoms with Crippen LogP contribution in [0.4, 0.5) is 0 Å². The first kappa shape index (κ1) is 43.5. The van der Waals surface area contributed by atoms with Crippen LogP contribution in [0.15, 0.2) is 29.2 Å². The normalized spacial score (nSPS) is 12.7. The molecule has 1 rings (SSSR count). The van der Waals surface area contributed by atoms with E-state index in [4.69, 9.17) is 4.52 Å². The molecule has 0 amide bonds. The van der Waals surface area contributed by atoms with Crippen molar-refractivity contribution in [1.29, 1.82) is 0 Å². The van der Waals surface area contributed by atoms with Crippen molar-refractivity contribution in [2.45, 2.75) is 200 Å². The first-order valence-electron chi connectivity index (χ1n) is 20.5. The molecule has 0 radical (unpaired) electrons. The molecule has 0 aliphatic carbocycles. The third kappa shape index (κ3) is 18.9. The van der Waals surface area contributed by atoms with Crippen LogP contribution in [0.2, 0.25) is 0 Å². The molecule has 0 fully saturated rings. The van der Waals surface area contributed by atoms with Gasteiger partial charge in [0, 0.05) is 0 Å². The average molecular weight is 679 g/mol. The van der Waals surface area contributed by atoms with Gasteiger partial charge in [-0.15, -0.1) is 0 Å². The Hall–Kier alpha value is -0.530. The van der Waals surface area contributed by atoms with E-state index in [9.17, 15) is 4.79 Å². The second-order valence-corrected chi connectivity index (χ2v) is 21.4. The number of rotatable bonds is 33. The summed E-state index contributed by atoms with van der Waals surface area (Å²) in [5.41, 5.74) is 0.820. The molecule has 0 unspecified atom stereocenters. The molecule has 0 aliphatic heterocycles. The summed E-state index contributed by atoms with van der Waals surface area (Å²) in [6.07, 6.45) is 37.4. The van der Waals surface area contributed by atoms with Gasteiger partial charge in [0.25, 0.3) is 0 Å². The van der Waals surface area contributed by atoms with Crippen LogP contribution in [0.5, 0.6) is 0 Å². The van der Waals surface area contributed by atoms with Crippen LogP contribution in [0.3, 0.4) is 0 Å². The number of carbonyl (C=O) groups is 1. The van der Waals surface area contributed by atoms with Gasteiger partial charge in [-0.05, 0) is 0 Å². The summed E-state index contributed by atoms with van der Waals surface area (Å²) in [5.74, 6) is 1.04. The van der Waals surface area contributed by atoms with Gasteiger partial charge in [0.1, 0.15) is 0 Å². The van der Waals surface area contributed by atoms with Gasteiger partial charge in [0.15, 0.2) is 0 Å². The molecular formula is C42H79O2PS.